The van der Waals surface area contributed by atoms with Gasteiger partial charge in [-0.1, -0.05) is 44.2 Å². The zero-order valence-electron chi connectivity index (χ0n) is 11.0. The largest absolute Gasteiger partial charge is 0.480 e. The fourth-order valence-corrected chi connectivity index (χ4v) is 1.87. The summed E-state index contributed by atoms with van der Waals surface area (Å²) in [6.07, 6.45) is 0.381. The Balaban J connectivity index is 2.88. The van der Waals surface area contributed by atoms with Crippen LogP contribution in [0.25, 0.3) is 0 Å². The van der Waals surface area contributed by atoms with E-state index < -0.39 is 24.0 Å². The summed E-state index contributed by atoms with van der Waals surface area (Å²) in [6.45, 7) is 3.80. The van der Waals surface area contributed by atoms with E-state index in [1.807, 2.05) is 13.8 Å². The van der Waals surface area contributed by atoms with E-state index in [2.05, 4.69) is 5.32 Å². The molecule has 0 saturated carbocycles. The summed E-state index contributed by atoms with van der Waals surface area (Å²) in [6, 6.07) is 6.68. The molecular weight excluding hydrogens is 246 g/mol. The normalized spacial score (nSPS) is 14.1. The van der Waals surface area contributed by atoms with E-state index in [-0.39, 0.29) is 5.92 Å². The van der Waals surface area contributed by atoms with E-state index in [4.69, 9.17) is 5.11 Å². The summed E-state index contributed by atoms with van der Waals surface area (Å²) >= 11 is 0. The molecule has 1 aromatic carbocycles. The molecule has 0 bridgehead atoms. The molecular formula is C14H19NO4. The fraction of sp³-hybridized carbons (Fsp3) is 0.429. The molecule has 19 heavy (non-hydrogen) atoms. The summed E-state index contributed by atoms with van der Waals surface area (Å²) in [4.78, 5) is 22.5. The minimum absolute atomic E-state index is 0.166. The van der Waals surface area contributed by atoms with Crippen LogP contribution in [0.1, 0.15) is 31.9 Å². The summed E-state index contributed by atoms with van der Waals surface area (Å²) in [5, 5.41) is 21.1. The van der Waals surface area contributed by atoms with Crippen LogP contribution in [0.15, 0.2) is 30.3 Å². The highest BCUT2D eigenvalue weighted by atomic mass is 16.4. The Labute approximate surface area is 112 Å². The predicted molar refractivity (Wildman–Crippen MR) is 70.8 cm³/mol. The highest BCUT2D eigenvalue weighted by Crippen LogP contribution is 2.16. The molecule has 1 unspecified atom stereocenters. The maximum absolute atomic E-state index is 11.3. The predicted octanol–water partition coefficient (Wildman–Crippen LogP) is 1.90. The molecule has 5 heteroatoms. The smallest absolute Gasteiger partial charge is 0.325 e. The molecule has 0 spiro atoms. The van der Waals surface area contributed by atoms with Crippen molar-refractivity contribution in [1.29, 1.82) is 0 Å². The van der Waals surface area contributed by atoms with Gasteiger partial charge < -0.3 is 10.2 Å². The first-order valence-corrected chi connectivity index (χ1v) is 6.18. The number of nitrogens with one attached hydrogen (secondary N) is 1. The van der Waals surface area contributed by atoms with Crippen molar-refractivity contribution in [3.8, 4) is 0 Å². The van der Waals surface area contributed by atoms with Crippen LogP contribution in [0.5, 0.6) is 0 Å². The maximum atomic E-state index is 11.3. The first kappa shape index (κ1) is 15.2. The van der Waals surface area contributed by atoms with Crippen LogP contribution in [-0.2, 0) is 9.59 Å². The number of hydrogen-bond acceptors (Lipinski definition) is 3. The molecule has 0 radical (unpaired) electrons. The maximum Gasteiger partial charge on any atom is 0.325 e. The van der Waals surface area contributed by atoms with Gasteiger partial charge in [0.05, 0.1) is 0 Å². The highest BCUT2D eigenvalue weighted by molar-refractivity contribution is 5.78. The fourth-order valence-electron chi connectivity index (χ4n) is 1.87. The van der Waals surface area contributed by atoms with Gasteiger partial charge in [-0.25, -0.2) is 0 Å². The van der Waals surface area contributed by atoms with Crippen LogP contribution in [0.2, 0.25) is 0 Å². The molecule has 0 aliphatic rings. The van der Waals surface area contributed by atoms with Crippen LogP contribution in [0.3, 0.4) is 0 Å². The van der Waals surface area contributed by atoms with Gasteiger partial charge in [0.1, 0.15) is 12.1 Å². The second-order valence-corrected chi connectivity index (χ2v) is 4.87. The lowest BCUT2D eigenvalue weighted by atomic mass is 10.0. The van der Waals surface area contributed by atoms with Crippen molar-refractivity contribution in [2.24, 2.45) is 5.92 Å². The zero-order chi connectivity index (χ0) is 14.4. The highest BCUT2D eigenvalue weighted by Gasteiger charge is 2.27. The van der Waals surface area contributed by atoms with Crippen molar-refractivity contribution in [2.75, 3.05) is 0 Å². The molecule has 5 nitrogen and oxygen atoms in total. The molecule has 104 valence electrons. The first-order chi connectivity index (χ1) is 8.91. The summed E-state index contributed by atoms with van der Waals surface area (Å²) in [7, 11) is 0. The van der Waals surface area contributed by atoms with E-state index >= 15 is 0 Å². The second-order valence-electron chi connectivity index (χ2n) is 4.87. The average Bonchev–Trinajstić information content (AvgIpc) is 2.34. The van der Waals surface area contributed by atoms with Gasteiger partial charge in [-0.3, -0.25) is 14.9 Å². The zero-order valence-corrected chi connectivity index (χ0v) is 11.0. The lowest BCUT2D eigenvalue weighted by Gasteiger charge is -2.21. The van der Waals surface area contributed by atoms with Gasteiger partial charge in [-0.05, 0) is 17.9 Å². The number of carboxylic acids is 2. The molecule has 0 fully saturated rings. The molecule has 0 saturated heterocycles. The van der Waals surface area contributed by atoms with E-state index in [0.717, 1.165) is 0 Å². The Morgan fingerprint density at radius 3 is 2.11 bits per heavy atom. The minimum Gasteiger partial charge on any atom is -0.480 e. The Morgan fingerprint density at radius 1 is 1.11 bits per heavy atom. The van der Waals surface area contributed by atoms with Crippen molar-refractivity contribution in [3.63, 3.8) is 0 Å². The van der Waals surface area contributed by atoms with Gasteiger partial charge in [0.2, 0.25) is 0 Å². The van der Waals surface area contributed by atoms with Gasteiger partial charge in [0.25, 0.3) is 0 Å². The van der Waals surface area contributed by atoms with Gasteiger partial charge >= 0.3 is 11.9 Å². The van der Waals surface area contributed by atoms with Crippen molar-refractivity contribution >= 4 is 11.9 Å². The quantitative estimate of drug-likeness (QED) is 0.701. The Hall–Kier alpha value is -1.88. The third-order valence-corrected chi connectivity index (χ3v) is 2.75. The van der Waals surface area contributed by atoms with E-state index in [1.54, 1.807) is 30.3 Å². The van der Waals surface area contributed by atoms with Crippen molar-refractivity contribution in [3.05, 3.63) is 35.9 Å². The molecule has 1 aromatic rings. The number of aliphatic carboxylic acids is 2. The third-order valence-electron chi connectivity index (χ3n) is 2.75. The van der Waals surface area contributed by atoms with Crippen LogP contribution in [-0.4, -0.2) is 28.2 Å². The number of carboxylic acid groups (broad SMARTS) is 2. The molecule has 0 amide bonds. The van der Waals surface area contributed by atoms with Gasteiger partial charge in [0.15, 0.2) is 0 Å². The standard InChI is InChI=1S/C14H19NO4/c1-9(2)8-11(13(16)17)15-12(14(18)19)10-6-4-3-5-7-10/h3-7,9,11-12,15H,8H2,1-2H3,(H,16,17)(H,18,19)/t11?,12-/m1/s1. The SMILES string of the molecule is CC(C)CC(N[C@@H](C(=O)O)c1ccccc1)C(=O)O. The second kappa shape index (κ2) is 6.89. The summed E-state index contributed by atoms with van der Waals surface area (Å²) in [5.74, 6) is -1.95. The molecule has 0 aliphatic carbocycles. The first-order valence-electron chi connectivity index (χ1n) is 6.18. The monoisotopic (exact) mass is 265 g/mol. The topological polar surface area (TPSA) is 86.6 Å². The Bertz CT molecular complexity index is 430. The molecule has 2 atom stereocenters. The van der Waals surface area contributed by atoms with Crippen LogP contribution < -0.4 is 5.32 Å². The van der Waals surface area contributed by atoms with E-state index in [9.17, 15) is 14.7 Å². The van der Waals surface area contributed by atoms with Gasteiger partial charge in [-0.15, -0.1) is 0 Å². The average molecular weight is 265 g/mol. The van der Waals surface area contributed by atoms with Gasteiger partial charge in [0, 0.05) is 0 Å². The summed E-state index contributed by atoms with van der Waals surface area (Å²) in [5.41, 5.74) is 0.546. The third kappa shape index (κ3) is 4.71. The van der Waals surface area contributed by atoms with Gasteiger partial charge in [-0.2, -0.15) is 0 Å². The molecule has 0 aromatic heterocycles. The summed E-state index contributed by atoms with van der Waals surface area (Å²) < 4.78 is 0. The Kier molecular flexibility index (Phi) is 5.51. The lowest BCUT2D eigenvalue weighted by molar-refractivity contribution is -0.143. The van der Waals surface area contributed by atoms with Crippen LogP contribution in [0.4, 0.5) is 0 Å². The number of hydrogen-bond donors (Lipinski definition) is 3. The van der Waals surface area contributed by atoms with E-state index in [0.29, 0.717) is 12.0 Å². The van der Waals surface area contributed by atoms with Crippen molar-refractivity contribution < 1.29 is 19.8 Å². The van der Waals surface area contributed by atoms with Crippen LogP contribution >= 0.6 is 0 Å². The lowest BCUT2D eigenvalue weighted by Crippen LogP contribution is -2.42. The molecule has 0 heterocycles. The van der Waals surface area contributed by atoms with Crippen LogP contribution in [0, 0.1) is 5.92 Å². The van der Waals surface area contributed by atoms with Crippen molar-refractivity contribution in [1.82, 2.24) is 5.32 Å². The number of rotatable bonds is 7. The van der Waals surface area contributed by atoms with E-state index in [1.165, 1.54) is 0 Å². The number of benzene rings is 1. The molecule has 3 N–H and O–H groups in total. The molecule has 0 aliphatic heterocycles. The minimum atomic E-state index is -1.08. The Morgan fingerprint density at radius 2 is 1.68 bits per heavy atom. The number of carbonyl (C=O) groups is 2. The van der Waals surface area contributed by atoms with Crippen molar-refractivity contribution in [2.45, 2.75) is 32.4 Å². The molecule has 1 rings (SSSR count).